The number of ether oxygens (including phenoxy) is 1. The fraction of sp³-hybridized carbons (Fsp3) is 0.222. The molecule has 7 heteroatoms. The van der Waals surface area contributed by atoms with Gasteiger partial charge in [0, 0.05) is 24.8 Å². The molecule has 3 aromatic rings. The number of carbonyl (C=O) groups is 1. The maximum atomic E-state index is 12.5. The van der Waals surface area contributed by atoms with Gasteiger partial charge < -0.3 is 10.1 Å². The van der Waals surface area contributed by atoms with Crippen LogP contribution >= 0.6 is 0 Å². The molecule has 0 aliphatic carbocycles. The number of aromatic nitrogens is 4. The number of carbonyl (C=O) groups excluding carboxylic acids is 1. The smallest absolute Gasteiger partial charge is 0.270 e. The van der Waals surface area contributed by atoms with Crippen molar-refractivity contribution in [2.75, 3.05) is 7.11 Å². The van der Waals surface area contributed by atoms with Crippen LogP contribution in [0.15, 0.2) is 42.7 Å². The van der Waals surface area contributed by atoms with E-state index in [9.17, 15) is 4.79 Å². The first-order chi connectivity index (χ1) is 12.0. The molecule has 1 amide bonds. The van der Waals surface area contributed by atoms with Crippen LogP contribution in [0.3, 0.4) is 0 Å². The summed E-state index contributed by atoms with van der Waals surface area (Å²) in [5.41, 5.74) is 2.79. The van der Waals surface area contributed by atoms with Crippen LogP contribution in [0.25, 0.3) is 11.4 Å². The minimum Gasteiger partial charge on any atom is -0.497 e. The first-order valence-corrected chi connectivity index (χ1v) is 7.81. The molecule has 25 heavy (non-hydrogen) atoms. The van der Waals surface area contributed by atoms with Crippen molar-refractivity contribution in [3.63, 3.8) is 0 Å². The summed E-state index contributed by atoms with van der Waals surface area (Å²) in [7, 11) is 3.41. The molecule has 0 saturated carbocycles. The van der Waals surface area contributed by atoms with Gasteiger partial charge in [-0.3, -0.25) is 9.48 Å². The summed E-state index contributed by atoms with van der Waals surface area (Å²) in [6.07, 6.45) is 1.62. The second-order valence-electron chi connectivity index (χ2n) is 5.66. The maximum Gasteiger partial charge on any atom is 0.270 e. The molecule has 0 radical (unpaired) electrons. The van der Waals surface area contributed by atoms with Gasteiger partial charge in [-0.25, -0.2) is 9.97 Å². The van der Waals surface area contributed by atoms with E-state index in [-0.39, 0.29) is 5.91 Å². The molecule has 2 aromatic heterocycles. The monoisotopic (exact) mass is 337 g/mol. The van der Waals surface area contributed by atoms with Gasteiger partial charge in [-0.1, -0.05) is 12.1 Å². The molecule has 0 bridgehead atoms. The van der Waals surface area contributed by atoms with E-state index >= 15 is 0 Å². The van der Waals surface area contributed by atoms with Gasteiger partial charge in [0.2, 0.25) is 0 Å². The predicted molar refractivity (Wildman–Crippen MR) is 93.1 cm³/mol. The van der Waals surface area contributed by atoms with E-state index in [1.54, 1.807) is 31.2 Å². The zero-order valence-electron chi connectivity index (χ0n) is 14.4. The molecule has 0 saturated heterocycles. The SMILES string of the molecule is COc1cccc(CNC(=O)c2cc(-c3ncn(C)n3)cc(C)n2)c1. The lowest BCUT2D eigenvalue weighted by molar-refractivity contribution is 0.0945. The Morgan fingerprint density at radius 2 is 2.12 bits per heavy atom. The van der Waals surface area contributed by atoms with E-state index in [0.717, 1.165) is 22.6 Å². The topological polar surface area (TPSA) is 81.9 Å². The fourth-order valence-electron chi connectivity index (χ4n) is 2.44. The molecule has 128 valence electrons. The largest absolute Gasteiger partial charge is 0.497 e. The van der Waals surface area contributed by atoms with Gasteiger partial charge in [0.1, 0.15) is 17.8 Å². The first kappa shape index (κ1) is 16.6. The highest BCUT2D eigenvalue weighted by molar-refractivity contribution is 5.93. The molecular formula is C18H19N5O2. The van der Waals surface area contributed by atoms with Gasteiger partial charge in [0.05, 0.1) is 7.11 Å². The van der Waals surface area contributed by atoms with Crippen molar-refractivity contribution in [3.05, 3.63) is 59.7 Å². The van der Waals surface area contributed by atoms with E-state index in [1.165, 1.54) is 0 Å². The molecule has 1 N–H and O–H groups in total. The van der Waals surface area contributed by atoms with E-state index in [4.69, 9.17) is 4.74 Å². The Morgan fingerprint density at radius 1 is 1.28 bits per heavy atom. The lowest BCUT2D eigenvalue weighted by Crippen LogP contribution is -2.24. The number of nitrogens with zero attached hydrogens (tertiary/aromatic N) is 4. The highest BCUT2D eigenvalue weighted by atomic mass is 16.5. The van der Waals surface area contributed by atoms with Crippen LogP contribution in [0.5, 0.6) is 5.75 Å². The van der Waals surface area contributed by atoms with Crippen molar-refractivity contribution in [1.29, 1.82) is 0 Å². The van der Waals surface area contributed by atoms with E-state index < -0.39 is 0 Å². The first-order valence-electron chi connectivity index (χ1n) is 7.81. The second-order valence-corrected chi connectivity index (χ2v) is 5.66. The Hall–Kier alpha value is -3.22. The van der Waals surface area contributed by atoms with Gasteiger partial charge in [0.15, 0.2) is 5.82 Å². The summed E-state index contributed by atoms with van der Waals surface area (Å²) >= 11 is 0. The van der Waals surface area contributed by atoms with Crippen molar-refractivity contribution in [1.82, 2.24) is 25.1 Å². The molecule has 0 atom stereocenters. The lowest BCUT2D eigenvalue weighted by atomic mass is 10.1. The summed E-state index contributed by atoms with van der Waals surface area (Å²) in [4.78, 5) is 21.0. The number of rotatable bonds is 5. The highest BCUT2D eigenvalue weighted by Gasteiger charge is 2.12. The van der Waals surface area contributed by atoms with Crippen LogP contribution < -0.4 is 10.1 Å². The zero-order chi connectivity index (χ0) is 17.8. The van der Waals surface area contributed by atoms with Gasteiger partial charge in [-0.05, 0) is 36.8 Å². The Bertz CT molecular complexity index is 904. The molecule has 7 nitrogen and oxygen atoms in total. The minimum atomic E-state index is -0.247. The van der Waals surface area contributed by atoms with Gasteiger partial charge in [0.25, 0.3) is 5.91 Å². The third-order valence-electron chi connectivity index (χ3n) is 3.63. The molecule has 0 spiro atoms. The van der Waals surface area contributed by atoms with Crippen molar-refractivity contribution < 1.29 is 9.53 Å². The second kappa shape index (κ2) is 7.12. The minimum absolute atomic E-state index is 0.247. The molecule has 1 aromatic carbocycles. The van der Waals surface area contributed by atoms with Crippen molar-refractivity contribution in [2.45, 2.75) is 13.5 Å². The number of benzene rings is 1. The standard InChI is InChI=1S/C18H19N5O2/c1-12-7-14(17-20-11-23(2)22-17)9-16(21-12)18(24)19-10-13-5-4-6-15(8-13)25-3/h4-9,11H,10H2,1-3H3,(H,19,24). The van der Waals surface area contributed by atoms with Crippen LogP contribution in [-0.2, 0) is 13.6 Å². The van der Waals surface area contributed by atoms with Crippen LogP contribution in [0.1, 0.15) is 21.7 Å². The number of hydrogen-bond acceptors (Lipinski definition) is 5. The maximum absolute atomic E-state index is 12.5. The average molecular weight is 337 g/mol. The normalized spacial score (nSPS) is 10.5. The number of amides is 1. The van der Waals surface area contributed by atoms with E-state index in [2.05, 4.69) is 20.4 Å². The molecule has 3 rings (SSSR count). The summed E-state index contributed by atoms with van der Waals surface area (Å²) in [5, 5.41) is 7.14. The van der Waals surface area contributed by atoms with Crippen molar-refractivity contribution >= 4 is 5.91 Å². The third-order valence-corrected chi connectivity index (χ3v) is 3.63. The molecule has 2 heterocycles. The summed E-state index contributed by atoms with van der Waals surface area (Å²) in [5.74, 6) is 1.07. The Balaban J connectivity index is 1.76. The number of pyridine rings is 1. The van der Waals surface area contributed by atoms with Crippen LogP contribution in [-0.4, -0.2) is 32.8 Å². The van der Waals surface area contributed by atoms with Crippen LogP contribution in [0.4, 0.5) is 0 Å². The molecule has 0 aliphatic rings. The van der Waals surface area contributed by atoms with Crippen molar-refractivity contribution in [3.8, 4) is 17.1 Å². The Labute approximate surface area is 145 Å². The molecular weight excluding hydrogens is 318 g/mol. The van der Waals surface area contributed by atoms with Gasteiger partial charge >= 0.3 is 0 Å². The number of aryl methyl sites for hydroxylation is 2. The van der Waals surface area contributed by atoms with Crippen molar-refractivity contribution in [2.24, 2.45) is 7.05 Å². The number of hydrogen-bond donors (Lipinski definition) is 1. The summed E-state index contributed by atoms with van der Waals surface area (Å²) in [6.45, 7) is 2.23. The third kappa shape index (κ3) is 4.00. The average Bonchev–Trinajstić information content (AvgIpc) is 3.06. The van der Waals surface area contributed by atoms with E-state index in [0.29, 0.717) is 18.1 Å². The van der Waals surface area contributed by atoms with Crippen LogP contribution in [0, 0.1) is 6.92 Å². The quantitative estimate of drug-likeness (QED) is 0.771. The predicted octanol–water partition coefficient (Wildman–Crippen LogP) is 2.12. The zero-order valence-corrected chi connectivity index (χ0v) is 14.4. The lowest BCUT2D eigenvalue weighted by Gasteiger charge is -2.08. The van der Waals surface area contributed by atoms with Gasteiger partial charge in [-0.2, -0.15) is 5.10 Å². The number of methoxy groups -OCH3 is 1. The highest BCUT2D eigenvalue weighted by Crippen LogP contribution is 2.17. The molecule has 0 fully saturated rings. The molecule has 0 unspecified atom stereocenters. The van der Waals surface area contributed by atoms with Gasteiger partial charge in [-0.15, -0.1) is 0 Å². The number of nitrogens with one attached hydrogen (secondary N) is 1. The summed E-state index contributed by atoms with van der Waals surface area (Å²) in [6, 6.07) is 11.1. The van der Waals surface area contributed by atoms with E-state index in [1.807, 2.05) is 37.3 Å². The fourth-order valence-corrected chi connectivity index (χ4v) is 2.44. The Kier molecular flexibility index (Phi) is 4.74. The summed E-state index contributed by atoms with van der Waals surface area (Å²) < 4.78 is 6.81. The molecule has 0 aliphatic heterocycles. The van der Waals surface area contributed by atoms with Crippen LogP contribution in [0.2, 0.25) is 0 Å². The Morgan fingerprint density at radius 3 is 2.84 bits per heavy atom.